The first-order valence-corrected chi connectivity index (χ1v) is 7.42. The fourth-order valence-electron chi connectivity index (χ4n) is 1.71. The Morgan fingerprint density at radius 1 is 1.09 bits per heavy atom. The number of hydrogen-bond donors (Lipinski definition) is 2. The van der Waals surface area contributed by atoms with Gasteiger partial charge in [-0.3, -0.25) is 9.59 Å². The van der Waals surface area contributed by atoms with Crippen LogP contribution in [0.4, 0.5) is 0 Å². The van der Waals surface area contributed by atoms with Crippen molar-refractivity contribution in [1.29, 1.82) is 0 Å². The third-order valence-corrected chi connectivity index (χ3v) is 2.96. The highest BCUT2D eigenvalue weighted by Crippen LogP contribution is 2.18. The van der Waals surface area contributed by atoms with Gasteiger partial charge in [-0.2, -0.15) is 0 Å². The Bertz CT molecular complexity index is 474. The lowest BCUT2D eigenvalue weighted by Crippen LogP contribution is -2.38. The van der Waals surface area contributed by atoms with Gasteiger partial charge in [-0.25, -0.2) is 0 Å². The number of amides is 2. The van der Waals surface area contributed by atoms with Crippen molar-refractivity contribution < 1.29 is 19.1 Å². The Hall–Kier alpha value is -2.24. The second kappa shape index (κ2) is 9.65. The van der Waals surface area contributed by atoms with Crippen molar-refractivity contribution in [2.75, 3.05) is 20.2 Å². The number of benzene rings is 1. The number of carbonyl (C=O) groups is 2. The van der Waals surface area contributed by atoms with Gasteiger partial charge in [0.2, 0.25) is 5.91 Å². The number of ether oxygens (including phenoxy) is 2. The molecule has 1 aromatic carbocycles. The molecule has 1 aromatic rings. The third-order valence-electron chi connectivity index (χ3n) is 2.96. The van der Waals surface area contributed by atoms with Crippen molar-refractivity contribution in [3.63, 3.8) is 0 Å². The lowest BCUT2D eigenvalue weighted by molar-refractivity contribution is -0.127. The molecule has 6 heteroatoms. The normalized spacial score (nSPS) is 11.4. The largest absolute Gasteiger partial charge is 0.497 e. The summed E-state index contributed by atoms with van der Waals surface area (Å²) in [6.45, 7) is 4.60. The summed E-state index contributed by atoms with van der Waals surface area (Å²) in [6, 6.07) is 7.00. The minimum atomic E-state index is -0.632. The van der Waals surface area contributed by atoms with Crippen LogP contribution in [0.25, 0.3) is 0 Å². The molecular weight excluding hydrogens is 284 g/mol. The summed E-state index contributed by atoms with van der Waals surface area (Å²) in [5, 5.41) is 5.44. The highest BCUT2D eigenvalue weighted by molar-refractivity contribution is 5.82. The van der Waals surface area contributed by atoms with E-state index < -0.39 is 6.10 Å². The zero-order valence-corrected chi connectivity index (χ0v) is 13.3. The van der Waals surface area contributed by atoms with Crippen LogP contribution in [-0.4, -0.2) is 38.1 Å². The van der Waals surface area contributed by atoms with Crippen molar-refractivity contribution in [1.82, 2.24) is 10.6 Å². The molecular formula is C16H24N2O4. The van der Waals surface area contributed by atoms with E-state index in [1.165, 1.54) is 0 Å². The van der Waals surface area contributed by atoms with Crippen molar-refractivity contribution >= 4 is 11.8 Å². The second-order valence-corrected chi connectivity index (χ2v) is 4.83. The first-order valence-electron chi connectivity index (χ1n) is 7.42. The molecule has 6 nitrogen and oxygen atoms in total. The van der Waals surface area contributed by atoms with Gasteiger partial charge in [0.15, 0.2) is 6.10 Å². The zero-order chi connectivity index (χ0) is 16.4. The van der Waals surface area contributed by atoms with E-state index in [-0.39, 0.29) is 18.2 Å². The van der Waals surface area contributed by atoms with Crippen molar-refractivity contribution in [3.8, 4) is 11.5 Å². The van der Waals surface area contributed by atoms with Crippen LogP contribution < -0.4 is 20.1 Å². The smallest absolute Gasteiger partial charge is 0.260 e. The maximum atomic E-state index is 11.9. The molecule has 0 spiro atoms. The van der Waals surface area contributed by atoms with Gasteiger partial charge in [0, 0.05) is 19.5 Å². The number of hydrogen-bond acceptors (Lipinski definition) is 4. The van der Waals surface area contributed by atoms with Crippen molar-refractivity contribution in [3.05, 3.63) is 24.3 Å². The van der Waals surface area contributed by atoms with Gasteiger partial charge in [0.25, 0.3) is 5.91 Å². The molecule has 0 aromatic heterocycles. The lowest BCUT2D eigenvalue weighted by Gasteiger charge is -2.15. The van der Waals surface area contributed by atoms with Gasteiger partial charge in [-0.1, -0.05) is 6.92 Å². The molecule has 1 unspecified atom stereocenters. The summed E-state index contributed by atoms with van der Waals surface area (Å²) >= 11 is 0. The molecule has 0 radical (unpaired) electrons. The summed E-state index contributed by atoms with van der Waals surface area (Å²) in [5.41, 5.74) is 0. The van der Waals surface area contributed by atoms with Gasteiger partial charge in [-0.15, -0.1) is 0 Å². The SMILES string of the molecule is CCCNC(=O)CCNC(=O)C(C)Oc1ccc(OC)cc1. The van der Waals surface area contributed by atoms with Crippen molar-refractivity contribution in [2.24, 2.45) is 0 Å². The van der Waals surface area contributed by atoms with Crippen molar-refractivity contribution in [2.45, 2.75) is 32.8 Å². The van der Waals surface area contributed by atoms with Gasteiger partial charge >= 0.3 is 0 Å². The molecule has 0 bridgehead atoms. The van der Waals surface area contributed by atoms with Gasteiger partial charge < -0.3 is 20.1 Å². The molecule has 0 aliphatic carbocycles. The van der Waals surface area contributed by atoms with Crippen LogP contribution in [0.3, 0.4) is 0 Å². The minimum absolute atomic E-state index is 0.0640. The quantitative estimate of drug-likeness (QED) is 0.725. The monoisotopic (exact) mass is 308 g/mol. The van der Waals surface area contributed by atoms with Crippen LogP contribution in [0.15, 0.2) is 24.3 Å². The molecule has 0 saturated heterocycles. The van der Waals surface area contributed by atoms with Crippen LogP contribution in [0.1, 0.15) is 26.7 Å². The molecule has 2 amide bonds. The maximum Gasteiger partial charge on any atom is 0.260 e. The predicted octanol–water partition coefficient (Wildman–Crippen LogP) is 1.49. The predicted molar refractivity (Wildman–Crippen MR) is 84.0 cm³/mol. The van der Waals surface area contributed by atoms with E-state index in [0.29, 0.717) is 18.8 Å². The van der Waals surface area contributed by atoms with Crippen LogP contribution in [0.2, 0.25) is 0 Å². The number of methoxy groups -OCH3 is 1. The Kier molecular flexibility index (Phi) is 7.81. The molecule has 0 heterocycles. The highest BCUT2D eigenvalue weighted by Gasteiger charge is 2.14. The minimum Gasteiger partial charge on any atom is -0.497 e. The fourth-order valence-corrected chi connectivity index (χ4v) is 1.71. The summed E-state index contributed by atoms with van der Waals surface area (Å²) in [5.74, 6) is 0.997. The molecule has 0 saturated carbocycles. The average Bonchev–Trinajstić information content (AvgIpc) is 2.53. The third kappa shape index (κ3) is 6.47. The second-order valence-electron chi connectivity index (χ2n) is 4.83. The molecule has 22 heavy (non-hydrogen) atoms. The average molecular weight is 308 g/mol. The standard InChI is InChI=1S/C16H24N2O4/c1-4-10-17-15(19)9-11-18-16(20)12(2)22-14-7-5-13(21-3)6-8-14/h5-8,12H,4,9-11H2,1-3H3,(H,17,19)(H,18,20). The maximum absolute atomic E-state index is 11.9. The topological polar surface area (TPSA) is 76.7 Å². The Balaban J connectivity index is 2.30. The molecule has 0 fully saturated rings. The molecule has 2 N–H and O–H groups in total. The van der Waals surface area contributed by atoms with E-state index in [1.54, 1.807) is 38.3 Å². The number of nitrogens with one attached hydrogen (secondary N) is 2. The molecule has 0 aliphatic rings. The number of carbonyl (C=O) groups excluding carboxylic acids is 2. The summed E-state index contributed by atoms with van der Waals surface area (Å²) in [6.07, 6.45) is 0.526. The van der Waals surface area contributed by atoms with E-state index in [2.05, 4.69) is 10.6 Å². The van der Waals surface area contributed by atoms with Gasteiger partial charge in [0.1, 0.15) is 11.5 Å². The first-order chi connectivity index (χ1) is 10.6. The van der Waals surface area contributed by atoms with E-state index in [4.69, 9.17) is 9.47 Å². The Labute approximate surface area is 131 Å². The highest BCUT2D eigenvalue weighted by atomic mass is 16.5. The van der Waals surface area contributed by atoms with Crippen LogP contribution in [0, 0.1) is 0 Å². The Morgan fingerprint density at radius 2 is 1.73 bits per heavy atom. The van der Waals surface area contributed by atoms with Crippen LogP contribution in [-0.2, 0) is 9.59 Å². The van der Waals surface area contributed by atoms with Crippen LogP contribution in [0.5, 0.6) is 11.5 Å². The molecule has 1 atom stereocenters. The van der Waals surface area contributed by atoms with E-state index >= 15 is 0 Å². The Morgan fingerprint density at radius 3 is 2.32 bits per heavy atom. The molecule has 1 rings (SSSR count). The first kappa shape index (κ1) is 17.8. The molecule has 122 valence electrons. The lowest BCUT2D eigenvalue weighted by atomic mass is 10.3. The summed E-state index contributed by atoms with van der Waals surface area (Å²) < 4.78 is 10.6. The van der Waals surface area contributed by atoms with Crippen LogP contribution >= 0.6 is 0 Å². The number of rotatable bonds is 9. The van der Waals surface area contributed by atoms with E-state index in [1.807, 2.05) is 6.92 Å². The summed E-state index contributed by atoms with van der Waals surface area (Å²) in [4.78, 5) is 23.3. The van der Waals surface area contributed by atoms with E-state index in [0.717, 1.165) is 12.2 Å². The molecule has 0 aliphatic heterocycles. The zero-order valence-electron chi connectivity index (χ0n) is 13.3. The summed E-state index contributed by atoms with van der Waals surface area (Å²) in [7, 11) is 1.59. The van der Waals surface area contributed by atoms with E-state index in [9.17, 15) is 9.59 Å². The fraction of sp³-hybridized carbons (Fsp3) is 0.500. The van der Waals surface area contributed by atoms with Gasteiger partial charge in [0.05, 0.1) is 7.11 Å². The van der Waals surface area contributed by atoms with Gasteiger partial charge in [-0.05, 0) is 37.6 Å².